The van der Waals surface area contributed by atoms with Gasteiger partial charge in [0, 0.05) is 42.9 Å². The lowest BCUT2D eigenvalue weighted by atomic mass is 9.79. The summed E-state index contributed by atoms with van der Waals surface area (Å²) < 4.78 is 1.86. The summed E-state index contributed by atoms with van der Waals surface area (Å²) >= 11 is 0. The smallest absolute Gasteiger partial charge is 0.405 e. The molecule has 28 heavy (non-hydrogen) atoms. The Kier molecular flexibility index (Phi) is 4.61. The van der Waals surface area contributed by atoms with Crippen molar-refractivity contribution in [3.63, 3.8) is 0 Å². The lowest BCUT2D eigenvalue weighted by Crippen LogP contribution is -2.53. The number of rotatable bonds is 4. The number of carboxylic acid groups (broad SMARTS) is 1. The first-order chi connectivity index (χ1) is 13.4. The Labute approximate surface area is 164 Å². The van der Waals surface area contributed by atoms with E-state index in [1.165, 1.54) is 0 Å². The molecule has 1 aliphatic heterocycles. The summed E-state index contributed by atoms with van der Waals surface area (Å²) in [4.78, 5) is 26.0. The van der Waals surface area contributed by atoms with E-state index in [4.69, 9.17) is 0 Å². The third-order valence-electron chi connectivity index (χ3n) is 6.00. The van der Waals surface area contributed by atoms with Crippen LogP contribution in [-0.2, 0) is 11.3 Å². The van der Waals surface area contributed by atoms with Crippen molar-refractivity contribution in [2.24, 2.45) is 11.8 Å². The quantitative estimate of drug-likeness (QED) is 0.845. The number of benzene rings is 1. The van der Waals surface area contributed by atoms with Crippen molar-refractivity contribution in [3.8, 4) is 11.1 Å². The summed E-state index contributed by atoms with van der Waals surface area (Å²) in [5.74, 6) is 0.437. The highest BCUT2D eigenvalue weighted by atomic mass is 16.4. The predicted octanol–water partition coefficient (Wildman–Crippen LogP) is 3.66. The summed E-state index contributed by atoms with van der Waals surface area (Å²) in [5, 5.41) is 16.5. The Hall–Kier alpha value is -2.83. The van der Waals surface area contributed by atoms with Crippen LogP contribution >= 0.6 is 0 Å². The molecule has 3 atom stereocenters. The van der Waals surface area contributed by atoms with Crippen LogP contribution in [0.4, 0.5) is 10.5 Å². The minimum atomic E-state index is -1.04. The molecule has 2 aromatic rings. The molecule has 148 valence electrons. The lowest BCUT2D eigenvalue weighted by Gasteiger charge is -2.45. The Morgan fingerprint density at radius 3 is 2.61 bits per heavy atom. The van der Waals surface area contributed by atoms with E-state index in [-0.39, 0.29) is 23.9 Å². The standard InChI is InChI=1S/C21H26N4O3/c1-4-24-11-16(10-22-24)15-7-8-18-17(9-15)19(23-21(27)28)12(2)20(14-5-6-14)25(18)13(3)26/h7-12,14,19-20,23H,4-6H2,1-3H3,(H,27,28)/t12-,19-,20-/m1/s1. The molecule has 7 heteroatoms. The van der Waals surface area contributed by atoms with Gasteiger partial charge < -0.3 is 15.3 Å². The van der Waals surface area contributed by atoms with Gasteiger partial charge in [-0.05, 0) is 48.9 Å². The fourth-order valence-corrected chi connectivity index (χ4v) is 4.56. The Morgan fingerprint density at radius 1 is 1.29 bits per heavy atom. The Balaban J connectivity index is 1.83. The number of fused-ring (bicyclic) bond motifs is 1. The molecular formula is C21H26N4O3. The van der Waals surface area contributed by atoms with Crippen molar-refractivity contribution in [2.45, 2.75) is 52.2 Å². The van der Waals surface area contributed by atoms with E-state index < -0.39 is 6.09 Å². The van der Waals surface area contributed by atoms with E-state index in [9.17, 15) is 14.7 Å². The zero-order valence-electron chi connectivity index (χ0n) is 16.4. The van der Waals surface area contributed by atoms with Crippen LogP contribution in [0.15, 0.2) is 30.6 Å². The van der Waals surface area contributed by atoms with Gasteiger partial charge in [-0.3, -0.25) is 9.48 Å². The minimum absolute atomic E-state index is 0.00493. The molecule has 1 aromatic heterocycles. The lowest BCUT2D eigenvalue weighted by molar-refractivity contribution is -0.117. The van der Waals surface area contributed by atoms with Crippen LogP contribution in [0.1, 0.15) is 45.2 Å². The summed E-state index contributed by atoms with van der Waals surface area (Å²) in [6.07, 6.45) is 4.92. The van der Waals surface area contributed by atoms with Crippen molar-refractivity contribution in [3.05, 3.63) is 36.2 Å². The number of nitrogens with one attached hydrogen (secondary N) is 1. The monoisotopic (exact) mass is 382 g/mol. The van der Waals surface area contributed by atoms with E-state index in [1.807, 2.05) is 54.0 Å². The van der Waals surface area contributed by atoms with Crippen molar-refractivity contribution in [1.29, 1.82) is 0 Å². The van der Waals surface area contributed by atoms with Crippen LogP contribution in [0.25, 0.3) is 11.1 Å². The SMILES string of the molecule is CCn1cc(-c2ccc3c(c2)[C@H](NC(=O)O)[C@@H](C)[C@H](C2CC2)N3C(C)=O)cn1. The highest BCUT2D eigenvalue weighted by Crippen LogP contribution is 2.49. The fraction of sp³-hybridized carbons (Fsp3) is 0.476. The third-order valence-corrected chi connectivity index (χ3v) is 6.00. The predicted molar refractivity (Wildman–Crippen MR) is 106 cm³/mol. The minimum Gasteiger partial charge on any atom is -0.465 e. The second kappa shape index (κ2) is 6.96. The van der Waals surface area contributed by atoms with Gasteiger partial charge in [-0.1, -0.05) is 13.0 Å². The zero-order chi connectivity index (χ0) is 20.0. The molecule has 1 aromatic carbocycles. The summed E-state index contributed by atoms with van der Waals surface area (Å²) in [7, 11) is 0. The Morgan fingerprint density at radius 2 is 2.04 bits per heavy atom. The summed E-state index contributed by atoms with van der Waals surface area (Å²) in [6, 6.07) is 5.62. The first kappa shape index (κ1) is 18.5. The second-order valence-corrected chi connectivity index (χ2v) is 7.86. The second-order valence-electron chi connectivity index (χ2n) is 7.86. The van der Waals surface area contributed by atoms with E-state index in [2.05, 4.69) is 10.4 Å². The average molecular weight is 382 g/mol. The molecule has 2 heterocycles. The van der Waals surface area contributed by atoms with Crippen LogP contribution in [0.2, 0.25) is 0 Å². The van der Waals surface area contributed by atoms with Crippen molar-refractivity contribution in [1.82, 2.24) is 15.1 Å². The number of hydrogen-bond donors (Lipinski definition) is 2. The normalized spacial score (nSPS) is 24.0. The largest absolute Gasteiger partial charge is 0.465 e. The highest BCUT2D eigenvalue weighted by molar-refractivity contribution is 5.94. The molecule has 2 aliphatic rings. The van der Waals surface area contributed by atoms with Gasteiger partial charge in [-0.2, -0.15) is 5.10 Å². The average Bonchev–Trinajstić information content (AvgIpc) is 3.38. The molecule has 0 radical (unpaired) electrons. The number of nitrogens with zero attached hydrogens (tertiary/aromatic N) is 3. The molecule has 7 nitrogen and oxygen atoms in total. The van der Waals surface area contributed by atoms with Crippen LogP contribution < -0.4 is 10.2 Å². The van der Waals surface area contributed by atoms with Crippen LogP contribution in [0.5, 0.6) is 0 Å². The first-order valence-corrected chi connectivity index (χ1v) is 9.86. The molecular weight excluding hydrogens is 356 g/mol. The van der Waals surface area contributed by atoms with Gasteiger partial charge in [0.25, 0.3) is 0 Å². The van der Waals surface area contributed by atoms with E-state index in [0.29, 0.717) is 5.92 Å². The number of carbonyl (C=O) groups excluding carboxylic acids is 1. The maximum Gasteiger partial charge on any atom is 0.405 e. The molecule has 0 spiro atoms. The fourth-order valence-electron chi connectivity index (χ4n) is 4.56. The first-order valence-electron chi connectivity index (χ1n) is 9.86. The summed E-state index contributed by atoms with van der Waals surface area (Å²) in [5.41, 5.74) is 3.61. The third kappa shape index (κ3) is 3.15. The number of carbonyl (C=O) groups is 2. The van der Waals surface area contributed by atoms with Crippen LogP contribution in [0, 0.1) is 11.8 Å². The van der Waals surface area contributed by atoms with Gasteiger partial charge >= 0.3 is 6.09 Å². The Bertz CT molecular complexity index is 918. The van der Waals surface area contributed by atoms with Gasteiger partial charge in [0.2, 0.25) is 5.91 Å². The van der Waals surface area contributed by atoms with E-state index >= 15 is 0 Å². The topological polar surface area (TPSA) is 87.5 Å². The molecule has 1 fully saturated rings. The molecule has 2 amide bonds. The number of aryl methyl sites for hydroxylation is 1. The molecule has 0 bridgehead atoms. The highest BCUT2D eigenvalue weighted by Gasteiger charge is 2.47. The molecule has 2 N–H and O–H groups in total. The number of aromatic nitrogens is 2. The van der Waals surface area contributed by atoms with Gasteiger partial charge in [-0.15, -0.1) is 0 Å². The maximum absolute atomic E-state index is 12.6. The van der Waals surface area contributed by atoms with E-state index in [1.54, 1.807) is 6.92 Å². The van der Waals surface area contributed by atoms with Crippen LogP contribution in [-0.4, -0.2) is 32.9 Å². The van der Waals surface area contributed by atoms with Gasteiger partial charge in [0.1, 0.15) is 0 Å². The van der Waals surface area contributed by atoms with Crippen molar-refractivity contribution < 1.29 is 14.7 Å². The molecule has 0 unspecified atom stereocenters. The number of anilines is 1. The molecule has 1 aliphatic carbocycles. The van der Waals surface area contributed by atoms with Gasteiger partial charge in [0.15, 0.2) is 0 Å². The summed E-state index contributed by atoms with van der Waals surface area (Å²) in [6.45, 7) is 6.45. The molecule has 4 rings (SSSR count). The van der Waals surface area contributed by atoms with Gasteiger partial charge in [-0.25, -0.2) is 4.79 Å². The van der Waals surface area contributed by atoms with Crippen molar-refractivity contribution in [2.75, 3.05) is 4.90 Å². The van der Waals surface area contributed by atoms with E-state index in [0.717, 1.165) is 41.8 Å². The molecule has 0 saturated heterocycles. The van der Waals surface area contributed by atoms with Crippen LogP contribution in [0.3, 0.4) is 0 Å². The maximum atomic E-state index is 12.6. The molecule has 1 saturated carbocycles. The number of amides is 2. The van der Waals surface area contributed by atoms with Crippen molar-refractivity contribution >= 4 is 17.7 Å². The number of hydrogen-bond acceptors (Lipinski definition) is 3. The van der Waals surface area contributed by atoms with Gasteiger partial charge in [0.05, 0.1) is 12.2 Å². The zero-order valence-corrected chi connectivity index (χ0v) is 16.4.